The van der Waals surface area contributed by atoms with Gasteiger partial charge in [0.25, 0.3) is 0 Å². The minimum atomic E-state index is -0.287. The van der Waals surface area contributed by atoms with Crippen molar-refractivity contribution in [2.24, 2.45) is 5.73 Å². The average molecular weight is 270 g/mol. The highest BCUT2D eigenvalue weighted by Gasteiger charge is 2.09. The first-order valence-corrected chi connectivity index (χ1v) is 7.02. The predicted molar refractivity (Wildman–Crippen MR) is 73.9 cm³/mol. The van der Waals surface area contributed by atoms with E-state index < -0.39 is 0 Å². The monoisotopic (exact) mass is 270 g/mol. The summed E-state index contributed by atoms with van der Waals surface area (Å²) in [6.07, 6.45) is 0. The van der Waals surface area contributed by atoms with E-state index in [1.165, 1.54) is 23.9 Å². The Bertz CT molecular complexity index is 398. The summed E-state index contributed by atoms with van der Waals surface area (Å²) in [5.41, 5.74) is 6.69. The van der Waals surface area contributed by atoms with Crippen molar-refractivity contribution in [1.29, 1.82) is 0 Å². The highest BCUT2D eigenvalue weighted by Crippen LogP contribution is 2.16. The summed E-state index contributed by atoms with van der Waals surface area (Å²) in [6, 6.07) is 6.15. The molecule has 3 N–H and O–H groups in total. The topological polar surface area (TPSA) is 55.1 Å². The summed E-state index contributed by atoms with van der Waals surface area (Å²) in [5, 5.41) is 2.80. The van der Waals surface area contributed by atoms with Crippen molar-refractivity contribution in [3.05, 3.63) is 35.6 Å². The van der Waals surface area contributed by atoms with Crippen LogP contribution in [-0.2, 0) is 4.79 Å². The first-order chi connectivity index (χ1) is 8.49. The van der Waals surface area contributed by atoms with Gasteiger partial charge < -0.3 is 11.1 Å². The Kier molecular flexibility index (Phi) is 6.15. The zero-order valence-electron chi connectivity index (χ0n) is 10.7. The number of amides is 1. The van der Waals surface area contributed by atoms with Crippen molar-refractivity contribution in [2.45, 2.75) is 25.9 Å². The summed E-state index contributed by atoms with van der Waals surface area (Å²) in [7, 11) is 0. The molecule has 100 valence electrons. The number of hydrogen-bond acceptors (Lipinski definition) is 3. The summed E-state index contributed by atoms with van der Waals surface area (Å²) >= 11 is 1.45. The van der Waals surface area contributed by atoms with Gasteiger partial charge in [0.2, 0.25) is 5.91 Å². The zero-order valence-corrected chi connectivity index (χ0v) is 11.5. The third kappa shape index (κ3) is 5.51. The van der Waals surface area contributed by atoms with Crippen molar-refractivity contribution in [3.8, 4) is 0 Å². The second kappa shape index (κ2) is 7.38. The van der Waals surface area contributed by atoms with E-state index in [1.54, 1.807) is 12.1 Å². The number of hydrogen-bond donors (Lipinski definition) is 2. The van der Waals surface area contributed by atoms with Crippen molar-refractivity contribution in [2.75, 3.05) is 11.5 Å². The molecule has 1 aromatic rings. The van der Waals surface area contributed by atoms with E-state index in [9.17, 15) is 9.18 Å². The van der Waals surface area contributed by atoms with Gasteiger partial charge in [-0.15, -0.1) is 0 Å². The van der Waals surface area contributed by atoms with Crippen molar-refractivity contribution in [3.63, 3.8) is 0 Å². The number of nitrogens with one attached hydrogen (secondary N) is 1. The molecule has 0 saturated heterocycles. The van der Waals surface area contributed by atoms with Gasteiger partial charge in [-0.3, -0.25) is 4.79 Å². The van der Waals surface area contributed by atoms with Crippen LogP contribution >= 0.6 is 11.8 Å². The van der Waals surface area contributed by atoms with E-state index in [1.807, 2.05) is 13.8 Å². The Morgan fingerprint density at radius 3 is 2.83 bits per heavy atom. The van der Waals surface area contributed by atoms with Crippen LogP contribution in [-0.4, -0.2) is 23.5 Å². The molecule has 1 amide bonds. The van der Waals surface area contributed by atoms with Gasteiger partial charge in [-0.1, -0.05) is 12.1 Å². The van der Waals surface area contributed by atoms with Crippen LogP contribution in [0.5, 0.6) is 0 Å². The highest BCUT2D eigenvalue weighted by molar-refractivity contribution is 7.99. The Hall–Kier alpha value is -1.07. The predicted octanol–water partition coefficient (Wildman–Crippen LogP) is 2.08. The average Bonchev–Trinajstić information content (AvgIpc) is 2.27. The lowest BCUT2D eigenvalue weighted by molar-refractivity contribution is -0.119. The van der Waals surface area contributed by atoms with Crippen LogP contribution in [0.1, 0.15) is 25.5 Å². The maximum absolute atomic E-state index is 13.0. The van der Waals surface area contributed by atoms with E-state index in [0.717, 1.165) is 5.56 Å². The lowest BCUT2D eigenvalue weighted by Crippen LogP contribution is -2.31. The first-order valence-electron chi connectivity index (χ1n) is 5.87. The molecule has 3 nitrogen and oxygen atoms in total. The van der Waals surface area contributed by atoms with Gasteiger partial charge in [0.1, 0.15) is 5.82 Å². The molecule has 0 aliphatic rings. The fourth-order valence-corrected chi connectivity index (χ4v) is 2.31. The molecule has 0 saturated carbocycles. The standard InChI is InChI=1S/C13H19FN2OS/c1-9(2)16-13(17)8-18-7-12(15)10-4-3-5-11(14)6-10/h3-6,9,12H,7-8,15H2,1-2H3,(H,16,17). The smallest absolute Gasteiger partial charge is 0.230 e. The number of carbonyl (C=O) groups is 1. The molecule has 0 bridgehead atoms. The SMILES string of the molecule is CC(C)NC(=O)CSCC(N)c1cccc(F)c1. The molecule has 1 aromatic carbocycles. The molecule has 0 spiro atoms. The van der Waals surface area contributed by atoms with Crippen LogP contribution in [0.3, 0.4) is 0 Å². The van der Waals surface area contributed by atoms with E-state index in [-0.39, 0.29) is 23.8 Å². The van der Waals surface area contributed by atoms with Crippen LogP contribution in [0.15, 0.2) is 24.3 Å². The number of benzene rings is 1. The summed E-state index contributed by atoms with van der Waals surface area (Å²) in [5.74, 6) is 0.683. The largest absolute Gasteiger partial charge is 0.353 e. The van der Waals surface area contributed by atoms with E-state index in [2.05, 4.69) is 5.32 Å². The molecular formula is C13H19FN2OS. The van der Waals surface area contributed by atoms with Crippen molar-refractivity contribution < 1.29 is 9.18 Å². The fraction of sp³-hybridized carbons (Fsp3) is 0.462. The molecular weight excluding hydrogens is 251 g/mol. The second-order valence-electron chi connectivity index (χ2n) is 4.40. The summed E-state index contributed by atoms with van der Waals surface area (Å²) in [4.78, 5) is 11.4. The number of thioether (sulfide) groups is 1. The van der Waals surface area contributed by atoms with Crippen molar-refractivity contribution >= 4 is 17.7 Å². The molecule has 0 fully saturated rings. The molecule has 1 rings (SSSR count). The molecule has 0 aromatic heterocycles. The van der Waals surface area contributed by atoms with Gasteiger partial charge in [-0.2, -0.15) is 11.8 Å². The molecule has 0 aliphatic carbocycles. The van der Waals surface area contributed by atoms with Gasteiger partial charge in [-0.05, 0) is 31.5 Å². The first kappa shape index (κ1) is 15.0. The van der Waals surface area contributed by atoms with Gasteiger partial charge in [0.05, 0.1) is 5.75 Å². The van der Waals surface area contributed by atoms with E-state index >= 15 is 0 Å². The van der Waals surface area contributed by atoms with Gasteiger partial charge in [-0.25, -0.2) is 4.39 Å². The van der Waals surface area contributed by atoms with Crippen LogP contribution in [0.2, 0.25) is 0 Å². The maximum Gasteiger partial charge on any atom is 0.230 e. The fourth-order valence-electron chi connectivity index (χ4n) is 1.48. The second-order valence-corrected chi connectivity index (χ2v) is 5.43. The molecule has 0 aliphatic heterocycles. The molecule has 0 heterocycles. The van der Waals surface area contributed by atoms with Crippen molar-refractivity contribution in [1.82, 2.24) is 5.32 Å². The van der Waals surface area contributed by atoms with E-state index in [0.29, 0.717) is 11.5 Å². The zero-order chi connectivity index (χ0) is 13.5. The number of nitrogens with two attached hydrogens (primary N) is 1. The minimum absolute atomic E-state index is 0.00134. The number of halogens is 1. The van der Waals surface area contributed by atoms with Crippen LogP contribution < -0.4 is 11.1 Å². The molecule has 18 heavy (non-hydrogen) atoms. The number of rotatable bonds is 6. The van der Waals surface area contributed by atoms with Gasteiger partial charge >= 0.3 is 0 Å². The lowest BCUT2D eigenvalue weighted by Gasteiger charge is -2.12. The Labute approximate surface area is 111 Å². The normalized spacial score (nSPS) is 12.5. The molecule has 1 atom stereocenters. The minimum Gasteiger partial charge on any atom is -0.353 e. The maximum atomic E-state index is 13.0. The summed E-state index contributed by atoms with van der Waals surface area (Å²) < 4.78 is 13.0. The third-order valence-corrected chi connectivity index (χ3v) is 3.32. The quantitative estimate of drug-likeness (QED) is 0.832. The Balaban J connectivity index is 2.33. The third-order valence-electron chi connectivity index (χ3n) is 2.26. The van der Waals surface area contributed by atoms with Gasteiger partial charge in [0.15, 0.2) is 0 Å². The lowest BCUT2D eigenvalue weighted by atomic mass is 10.1. The van der Waals surface area contributed by atoms with Crippen LogP contribution in [0.4, 0.5) is 4.39 Å². The van der Waals surface area contributed by atoms with E-state index in [4.69, 9.17) is 5.73 Å². The Morgan fingerprint density at radius 1 is 1.50 bits per heavy atom. The molecule has 1 unspecified atom stereocenters. The van der Waals surface area contributed by atoms with Crippen LogP contribution in [0.25, 0.3) is 0 Å². The molecule has 5 heteroatoms. The number of carbonyl (C=O) groups excluding carboxylic acids is 1. The van der Waals surface area contributed by atoms with Gasteiger partial charge in [0, 0.05) is 17.8 Å². The molecule has 0 radical (unpaired) electrons. The Morgan fingerprint density at radius 2 is 2.22 bits per heavy atom. The summed E-state index contributed by atoms with van der Waals surface area (Å²) in [6.45, 7) is 3.84. The van der Waals surface area contributed by atoms with Crippen LogP contribution in [0, 0.1) is 5.82 Å². The highest BCUT2D eigenvalue weighted by atomic mass is 32.2.